The van der Waals surface area contributed by atoms with Crippen LogP contribution in [0, 0.1) is 0 Å². The van der Waals surface area contributed by atoms with Crippen LogP contribution in [-0.2, 0) is 4.74 Å². The van der Waals surface area contributed by atoms with Crippen LogP contribution in [0.3, 0.4) is 0 Å². The average molecular weight is 149 g/mol. The summed E-state index contributed by atoms with van der Waals surface area (Å²) in [6, 6.07) is 0. The molecule has 0 spiro atoms. The predicted octanol–water partition coefficient (Wildman–Crippen LogP) is 2.33. The van der Waals surface area contributed by atoms with E-state index in [0.717, 1.165) is 6.42 Å². The van der Waals surface area contributed by atoms with Crippen molar-refractivity contribution in [3.63, 3.8) is 0 Å². The molecule has 0 atom stereocenters. The van der Waals surface area contributed by atoms with Gasteiger partial charge in [-0.1, -0.05) is 19.1 Å². The number of carbonyl (C=O) groups excluding carboxylic acids is 1. The Morgan fingerprint density at radius 1 is 1.67 bits per heavy atom. The fourth-order valence-corrected chi connectivity index (χ4v) is 0.411. The molecule has 0 saturated carbocycles. The largest absolute Gasteiger partial charge is 0.449 e. The van der Waals surface area contributed by atoms with Gasteiger partial charge in [0.25, 0.3) is 0 Å². The first kappa shape index (κ1) is 8.50. The van der Waals surface area contributed by atoms with E-state index in [1.807, 2.05) is 13.0 Å². The molecular weight excluding hydrogens is 140 g/mol. The van der Waals surface area contributed by atoms with Crippen LogP contribution in [0.2, 0.25) is 0 Å². The van der Waals surface area contributed by atoms with Crippen LogP contribution in [0.5, 0.6) is 0 Å². The third-order valence-corrected chi connectivity index (χ3v) is 0.805. The molecule has 0 aliphatic heterocycles. The van der Waals surface area contributed by atoms with Gasteiger partial charge in [-0.05, 0) is 6.42 Å². The molecule has 2 nitrogen and oxygen atoms in total. The molecule has 0 rings (SSSR count). The lowest BCUT2D eigenvalue weighted by Crippen LogP contribution is -1.91. The Morgan fingerprint density at radius 2 is 2.33 bits per heavy atom. The minimum Gasteiger partial charge on any atom is -0.449 e. The van der Waals surface area contributed by atoms with Gasteiger partial charge < -0.3 is 4.74 Å². The lowest BCUT2D eigenvalue weighted by atomic mass is 10.4. The van der Waals surface area contributed by atoms with Crippen LogP contribution in [0.4, 0.5) is 4.79 Å². The standard InChI is InChI=1S/C6H9ClO2/c1-2-3-4-5-9-6(7)8/h3-4H,2,5H2,1H3. The van der Waals surface area contributed by atoms with Gasteiger partial charge >= 0.3 is 5.43 Å². The highest BCUT2D eigenvalue weighted by Gasteiger charge is 1.88. The number of carbonyl (C=O) groups is 1. The van der Waals surface area contributed by atoms with Crippen molar-refractivity contribution in [3.05, 3.63) is 12.2 Å². The van der Waals surface area contributed by atoms with Crippen LogP contribution in [0.15, 0.2) is 12.2 Å². The van der Waals surface area contributed by atoms with E-state index in [1.54, 1.807) is 6.08 Å². The maximum Gasteiger partial charge on any atom is 0.404 e. The number of allylic oxidation sites excluding steroid dienone is 1. The van der Waals surface area contributed by atoms with Gasteiger partial charge in [0.05, 0.1) is 0 Å². The number of ether oxygens (including phenoxy) is 1. The van der Waals surface area contributed by atoms with Gasteiger partial charge in [-0.2, -0.15) is 0 Å². The van der Waals surface area contributed by atoms with Gasteiger partial charge in [-0.15, -0.1) is 0 Å². The molecule has 0 fully saturated rings. The van der Waals surface area contributed by atoms with Crippen molar-refractivity contribution < 1.29 is 9.53 Å². The van der Waals surface area contributed by atoms with E-state index in [4.69, 9.17) is 11.6 Å². The van der Waals surface area contributed by atoms with E-state index in [2.05, 4.69) is 4.74 Å². The number of rotatable bonds is 3. The summed E-state index contributed by atoms with van der Waals surface area (Å²) in [4.78, 5) is 9.92. The molecular formula is C6H9ClO2. The monoisotopic (exact) mass is 148 g/mol. The summed E-state index contributed by atoms with van der Waals surface area (Å²) >= 11 is 4.86. The van der Waals surface area contributed by atoms with Crippen LogP contribution >= 0.6 is 11.6 Å². The smallest absolute Gasteiger partial charge is 0.404 e. The molecule has 9 heavy (non-hydrogen) atoms. The van der Waals surface area contributed by atoms with E-state index >= 15 is 0 Å². The van der Waals surface area contributed by atoms with Crippen LogP contribution < -0.4 is 0 Å². The van der Waals surface area contributed by atoms with Gasteiger partial charge in [-0.25, -0.2) is 4.79 Å². The Bertz CT molecular complexity index is 110. The van der Waals surface area contributed by atoms with Crippen molar-refractivity contribution in [2.75, 3.05) is 6.61 Å². The van der Waals surface area contributed by atoms with Crippen molar-refractivity contribution in [1.82, 2.24) is 0 Å². The predicted molar refractivity (Wildman–Crippen MR) is 36.6 cm³/mol. The van der Waals surface area contributed by atoms with E-state index < -0.39 is 5.43 Å². The van der Waals surface area contributed by atoms with Crippen LogP contribution in [0.25, 0.3) is 0 Å². The molecule has 0 heterocycles. The molecule has 52 valence electrons. The summed E-state index contributed by atoms with van der Waals surface area (Å²) in [5.41, 5.74) is -0.754. The zero-order valence-electron chi connectivity index (χ0n) is 5.26. The Kier molecular flexibility index (Phi) is 5.32. The highest BCUT2D eigenvalue weighted by atomic mass is 35.5. The Hall–Kier alpha value is -0.500. The maximum absolute atomic E-state index is 9.92. The van der Waals surface area contributed by atoms with E-state index in [-0.39, 0.29) is 6.61 Å². The molecule has 0 amide bonds. The summed E-state index contributed by atoms with van der Waals surface area (Å²) in [6.07, 6.45) is 4.60. The molecule has 0 bridgehead atoms. The molecule has 0 unspecified atom stereocenters. The van der Waals surface area contributed by atoms with Gasteiger partial charge in [0.1, 0.15) is 6.61 Å². The Morgan fingerprint density at radius 3 is 2.78 bits per heavy atom. The molecule has 0 radical (unpaired) electrons. The summed E-state index contributed by atoms with van der Waals surface area (Å²) in [7, 11) is 0. The Labute approximate surface area is 59.5 Å². The molecule has 0 aromatic carbocycles. The van der Waals surface area contributed by atoms with E-state index in [0.29, 0.717) is 0 Å². The fraction of sp³-hybridized carbons (Fsp3) is 0.500. The van der Waals surface area contributed by atoms with Crippen molar-refractivity contribution in [3.8, 4) is 0 Å². The highest BCUT2D eigenvalue weighted by molar-refractivity contribution is 6.61. The number of halogens is 1. The van der Waals surface area contributed by atoms with Crippen molar-refractivity contribution >= 4 is 17.0 Å². The van der Waals surface area contributed by atoms with E-state index in [1.165, 1.54) is 0 Å². The van der Waals surface area contributed by atoms with Gasteiger partial charge in [0.15, 0.2) is 0 Å². The van der Waals surface area contributed by atoms with Gasteiger partial charge in [-0.3, -0.25) is 0 Å². The second-order valence-corrected chi connectivity index (χ2v) is 1.74. The van der Waals surface area contributed by atoms with Crippen LogP contribution in [0.1, 0.15) is 13.3 Å². The second kappa shape index (κ2) is 5.63. The lowest BCUT2D eigenvalue weighted by Gasteiger charge is -1.90. The zero-order valence-corrected chi connectivity index (χ0v) is 6.02. The first-order chi connectivity index (χ1) is 4.27. The second-order valence-electron chi connectivity index (χ2n) is 1.43. The minimum absolute atomic E-state index is 0.274. The third kappa shape index (κ3) is 7.50. The van der Waals surface area contributed by atoms with Crippen molar-refractivity contribution in [1.29, 1.82) is 0 Å². The normalized spacial score (nSPS) is 10.0. The fourth-order valence-electron chi connectivity index (χ4n) is 0.348. The Balaban J connectivity index is 3.09. The summed E-state index contributed by atoms with van der Waals surface area (Å²) < 4.78 is 4.38. The maximum atomic E-state index is 9.92. The zero-order chi connectivity index (χ0) is 7.11. The molecule has 3 heteroatoms. The molecule has 0 aliphatic carbocycles. The molecule has 0 aromatic heterocycles. The van der Waals surface area contributed by atoms with Crippen molar-refractivity contribution in [2.45, 2.75) is 13.3 Å². The summed E-state index contributed by atoms with van der Waals surface area (Å²) in [6.45, 7) is 2.27. The third-order valence-electron chi connectivity index (χ3n) is 0.695. The van der Waals surface area contributed by atoms with Crippen LogP contribution in [-0.4, -0.2) is 12.0 Å². The minimum atomic E-state index is -0.754. The van der Waals surface area contributed by atoms with Gasteiger partial charge in [0, 0.05) is 11.6 Å². The first-order valence-electron chi connectivity index (χ1n) is 2.74. The summed E-state index contributed by atoms with van der Waals surface area (Å²) in [5.74, 6) is 0. The molecule has 0 saturated heterocycles. The van der Waals surface area contributed by atoms with E-state index in [9.17, 15) is 4.79 Å². The van der Waals surface area contributed by atoms with Gasteiger partial charge in [0.2, 0.25) is 0 Å². The number of hydrogen-bond acceptors (Lipinski definition) is 2. The average Bonchev–Trinajstić information content (AvgIpc) is 1.80. The molecule has 0 N–H and O–H groups in total. The lowest BCUT2D eigenvalue weighted by molar-refractivity contribution is 0.186. The SMILES string of the molecule is CCC=CCOC(=O)Cl. The first-order valence-corrected chi connectivity index (χ1v) is 3.12. The van der Waals surface area contributed by atoms with Crippen molar-refractivity contribution in [2.24, 2.45) is 0 Å². The number of hydrogen-bond donors (Lipinski definition) is 0. The molecule has 0 aromatic rings. The summed E-state index contributed by atoms with van der Waals surface area (Å²) in [5, 5.41) is 0. The highest BCUT2D eigenvalue weighted by Crippen LogP contribution is 1.87. The quantitative estimate of drug-likeness (QED) is 0.454. The molecule has 0 aliphatic rings. The topological polar surface area (TPSA) is 26.3 Å².